The maximum absolute atomic E-state index is 12.9. The predicted octanol–water partition coefficient (Wildman–Crippen LogP) is 3.94. The first kappa shape index (κ1) is 19.0. The highest BCUT2D eigenvalue weighted by atomic mass is 16.6. The Morgan fingerprint density at radius 1 is 1.03 bits per heavy atom. The van der Waals surface area contributed by atoms with Crippen LogP contribution in [-0.2, 0) is 0 Å². The van der Waals surface area contributed by atoms with Crippen molar-refractivity contribution in [2.45, 2.75) is 26.8 Å². The molecule has 0 radical (unpaired) electrons. The number of nitrogens with zero attached hydrogens (tertiary/aromatic N) is 2. The van der Waals surface area contributed by atoms with E-state index in [9.17, 15) is 4.79 Å². The number of amides is 1. The van der Waals surface area contributed by atoms with Crippen LogP contribution in [0.1, 0.15) is 41.6 Å². The molecule has 1 N–H and O–H groups in total. The molecular formula is C22H23N3O4. The smallest absolute Gasteiger partial charge is 0.257 e. The number of benzene rings is 2. The van der Waals surface area contributed by atoms with Crippen LogP contribution in [0.5, 0.6) is 11.5 Å². The topological polar surface area (TPSA) is 86.5 Å². The van der Waals surface area contributed by atoms with Gasteiger partial charge in [0, 0.05) is 11.1 Å². The van der Waals surface area contributed by atoms with E-state index in [1.807, 2.05) is 18.2 Å². The molecular weight excluding hydrogens is 370 g/mol. The number of carbonyl (C=O) groups is 1. The minimum absolute atomic E-state index is 0.146. The Hall–Kier alpha value is -3.35. The van der Waals surface area contributed by atoms with Crippen LogP contribution >= 0.6 is 0 Å². The van der Waals surface area contributed by atoms with Crippen LogP contribution in [0, 0.1) is 12.8 Å². The fourth-order valence-electron chi connectivity index (χ4n) is 3.29. The highest BCUT2D eigenvalue weighted by Crippen LogP contribution is 2.34. The summed E-state index contributed by atoms with van der Waals surface area (Å²) in [5.74, 6) is 2.51. The van der Waals surface area contributed by atoms with Gasteiger partial charge in [0.15, 0.2) is 17.3 Å². The average molecular weight is 393 g/mol. The Bertz CT molecular complexity index is 1010. The normalized spacial score (nSPS) is 13.9. The SMILES string of the molecule is Cc1noc(-c2ccc(C(=O)N[C@@H](c3ccc4c(c3)OCCO4)C(C)C)cc2)n1. The van der Waals surface area contributed by atoms with Crippen LogP contribution in [-0.4, -0.2) is 29.3 Å². The van der Waals surface area contributed by atoms with Gasteiger partial charge in [-0.05, 0) is 54.8 Å². The number of aryl methyl sites for hydroxylation is 1. The predicted molar refractivity (Wildman–Crippen MR) is 107 cm³/mol. The summed E-state index contributed by atoms with van der Waals surface area (Å²) in [6.45, 7) is 6.99. The summed E-state index contributed by atoms with van der Waals surface area (Å²) < 4.78 is 16.4. The van der Waals surface area contributed by atoms with Gasteiger partial charge in [0.05, 0.1) is 6.04 Å². The Balaban J connectivity index is 1.52. The molecule has 0 unspecified atom stereocenters. The molecule has 0 aliphatic carbocycles. The molecule has 1 aliphatic heterocycles. The van der Waals surface area contributed by atoms with Gasteiger partial charge in [-0.25, -0.2) is 0 Å². The molecule has 150 valence electrons. The number of rotatable bonds is 5. The van der Waals surface area contributed by atoms with Crippen LogP contribution < -0.4 is 14.8 Å². The summed E-state index contributed by atoms with van der Waals surface area (Å²) in [6, 6.07) is 12.8. The summed E-state index contributed by atoms with van der Waals surface area (Å²) in [7, 11) is 0. The molecule has 29 heavy (non-hydrogen) atoms. The molecule has 7 nitrogen and oxygen atoms in total. The monoisotopic (exact) mass is 393 g/mol. The quantitative estimate of drug-likeness (QED) is 0.706. The maximum Gasteiger partial charge on any atom is 0.257 e. The molecule has 0 fully saturated rings. The van der Waals surface area contributed by atoms with E-state index >= 15 is 0 Å². The van der Waals surface area contributed by atoms with E-state index in [2.05, 4.69) is 29.3 Å². The van der Waals surface area contributed by atoms with Crippen LogP contribution in [0.25, 0.3) is 11.5 Å². The van der Waals surface area contributed by atoms with Gasteiger partial charge in [0.25, 0.3) is 11.8 Å². The second-order valence-electron chi connectivity index (χ2n) is 7.32. The first-order valence-corrected chi connectivity index (χ1v) is 9.62. The van der Waals surface area contributed by atoms with Gasteiger partial charge in [-0.2, -0.15) is 4.98 Å². The summed E-state index contributed by atoms with van der Waals surface area (Å²) in [5, 5.41) is 6.92. The molecule has 1 atom stereocenters. The van der Waals surface area contributed by atoms with Crippen molar-refractivity contribution in [2.75, 3.05) is 13.2 Å². The van der Waals surface area contributed by atoms with Crippen molar-refractivity contribution < 1.29 is 18.8 Å². The van der Waals surface area contributed by atoms with E-state index in [4.69, 9.17) is 14.0 Å². The first-order chi connectivity index (χ1) is 14.0. The van der Waals surface area contributed by atoms with Crippen molar-refractivity contribution >= 4 is 5.91 Å². The van der Waals surface area contributed by atoms with Crippen LogP contribution in [0.4, 0.5) is 0 Å². The zero-order valence-electron chi connectivity index (χ0n) is 16.6. The third kappa shape index (κ3) is 4.08. The molecule has 0 spiro atoms. The molecule has 1 amide bonds. The zero-order chi connectivity index (χ0) is 20.4. The summed E-state index contributed by atoms with van der Waals surface area (Å²) in [6.07, 6.45) is 0. The van der Waals surface area contributed by atoms with Gasteiger partial charge in [-0.3, -0.25) is 4.79 Å². The standard InChI is InChI=1S/C22H23N3O4/c1-13(2)20(17-8-9-18-19(12-17)28-11-10-27-18)24-21(26)15-4-6-16(7-5-15)22-23-14(3)25-29-22/h4-9,12-13,20H,10-11H2,1-3H3,(H,24,26)/t20-/m1/s1. The van der Waals surface area contributed by atoms with E-state index in [1.165, 1.54) is 0 Å². The lowest BCUT2D eigenvalue weighted by molar-refractivity contribution is 0.0925. The lowest BCUT2D eigenvalue weighted by Crippen LogP contribution is -2.31. The highest BCUT2D eigenvalue weighted by Gasteiger charge is 2.22. The van der Waals surface area contributed by atoms with Crippen molar-refractivity contribution in [3.8, 4) is 23.0 Å². The number of carbonyl (C=O) groups excluding carboxylic acids is 1. The number of fused-ring (bicyclic) bond motifs is 1. The molecule has 2 aromatic carbocycles. The Morgan fingerprint density at radius 3 is 2.41 bits per heavy atom. The second-order valence-corrected chi connectivity index (χ2v) is 7.32. The van der Waals surface area contributed by atoms with Gasteiger partial charge in [0.2, 0.25) is 0 Å². The van der Waals surface area contributed by atoms with Crippen molar-refractivity contribution in [1.29, 1.82) is 0 Å². The van der Waals surface area contributed by atoms with E-state index in [-0.39, 0.29) is 17.9 Å². The van der Waals surface area contributed by atoms with Gasteiger partial charge < -0.3 is 19.3 Å². The van der Waals surface area contributed by atoms with Gasteiger partial charge in [-0.1, -0.05) is 25.1 Å². The number of aromatic nitrogens is 2. The number of hydrogen-bond donors (Lipinski definition) is 1. The Morgan fingerprint density at radius 2 is 1.76 bits per heavy atom. The number of ether oxygens (including phenoxy) is 2. The van der Waals surface area contributed by atoms with E-state index in [0.29, 0.717) is 36.2 Å². The minimum Gasteiger partial charge on any atom is -0.486 e. The van der Waals surface area contributed by atoms with Crippen molar-refractivity contribution in [3.05, 3.63) is 59.4 Å². The van der Waals surface area contributed by atoms with Crippen LogP contribution in [0.2, 0.25) is 0 Å². The Kier molecular flexibility index (Phi) is 5.20. The Labute approximate surface area is 169 Å². The number of hydrogen-bond acceptors (Lipinski definition) is 6. The summed E-state index contributed by atoms with van der Waals surface area (Å²) >= 11 is 0. The van der Waals surface area contributed by atoms with Crippen molar-refractivity contribution in [3.63, 3.8) is 0 Å². The fraction of sp³-hybridized carbons (Fsp3) is 0.318. The average Bonchev–Trinajstić information content (AvgIpc) is 3.17. The molecule has 2 heterocycles. The summed E-state index contributed by atoms with van der Waals surface area (Å²) in [4.78, 5) is 17.1. The third-order valence-electron chi connectivity index (χ3n) is 4.80. The second kappa shape index (κ2) is 7.95. The van der Waals surface area contributed by atoms with Gasteiger partial charge in [0.1, 0.15) is 13.2 Å². The first-order valence-electron chi connectivity index (χ1n) is 9.62. The molecule has 3 aromatic rings. The van der Waals surface area contributed by atoms with Crippen LogP contribution in [0.15, 0.2) is 47.0 Å². The van der Waals surface area contributed by atoms with Gasteiger partial charge in [-0.15, -0.1) is 0 Å². The molecule has 1 aliphatic rings. The molecule has 0 saturated carbocycles. The summed E-state index contributed by atoms with van der Waals surface area (Å²) in [5.41, 5.74) is 2.32. The van der Waals surface area contributed by atoms with Crippen molar-refractivity contribution in [2.24, 2.45) is 5.92 Å². The van der Waals surface area contributed by atoms with Crippen molar-refractivity contribution in [1.82, 2.24) is 15.5 Å². The van der Waals surface area contributed by atoms with Gasteiger partial charge >= 0.3 is 0 Å². The number of nitrogens with one attached hydrogen (secondary N) is 1. The zero-order valence-corrected chi connectivity index (χ0v) is 16.6. The lowest BCUT2D eigenvalue weighted by atomic mass is 9.95. The molecule has 1 aromatic heterocycles. The molecule has 7 heteroatoms. The lowest BCUT2D eigenvalue weighted by Gasteiger charge is -2.25. The third-order valence-corrected chi connectivity index (χ3v) is 4.80. The van der Waals surface area contributed by atoms with E-state index in [0.717, 1.165) is 16.9 Å². The maximum atomic E-state index is 12.9. The fourth-order valence-corrected chi connectivity index (χ4v) is 3.29. The molecule has 4 rings (SSSR count). The largest absolute Gasteiger partial charge is 0.486 e. The molecule has 0 saturated heterocycles. The van der Waals surface area contributed by atoms with E-state index in [1.54, 1.807) is 31.2 Å². The minimum atomic E-state index is -0.156. The van der Waals surface area contributed by atoms with Crippen LogP contribution in [0.3, 0.4) is 0 Å². The highest BCUT2D eigenvalue weighted by molar-refractivity contribution is 5.94. The van der Waals surface area contributed by atoms with E-state index < -0.39 is 0 Å². The molecule has 0 bridgehead atoms.